The van der Waals surface area contributed by atoms with E-state index in [0.717, 1.165) is 11.3 Å². The molecule has 0 saturated heterocycles. The Morgan fingerprint density at radius 1 is 1.43 bits per heavy atom. The third-order valence-electron chi connectivity index (χ3n) is 1.95. The number of ether oxygens (including phenoxy) is 1. The number of rotatable bonds is 4. The summed E-state index contributed by atoms with van der Waals surface area (Å²) in [5.74, 6) is 0.852. The molecule has 78 valence electrons. The average Bonchev–Trinajstić information content (AvgIpc) is 2.19. The molecule has 0 aliphatic carbocycles. The molecule has 0 heterocycles. The second-order valence-electron chi connectivity index (χ2n) is 3.39. The molecule has 0 fully saturated rings. The second kappa shape index (κ2) is 5.37. The van der Waals surface area contributed by atoms with Crippen molar-refractivity contribution in [2.24, 2.45) is 0 Å². The van der Waals surface area contributed by atoms with Gasteiger partial charge in [-0.3, -0.25) is 0 Å². The number of aliphatic hydroxyl groups excluding tert-OH is 1. The number of hydrogen-bond donors (Lipinski definition) is 1. The Morgan fingerprint density at radius 2 is 2.14 bits per heavy atom. The summed E-state index contributed by atoms with van der Waals surface area (Å²) in [6.45, 7) is 4.35. The second-order valence-corrected chi connectivity index (χ2v) is 4.04. The predicted molar refractivity (Wildman–Crippen MR) is 61.2 cm³/mol. The smallest absolute Gasteiger partial charge is 0.122 e. The van der Waals surface area contributed by atoms with Gasteiger partial charge in [0.15, 0.2) is 0 Å². The fourth-order valence-electron chi connectivity index (χ4n) is 1.09. The summed E-state index contributed by atoms with van der Waals surface area (Å²) in [5.41, 5.74) is 2.26. The Morgan fingerprint density at radius 3 is 2.79 bits per heavy atom. The SMILES string of the molecule is Cc1ccc(C)c(OCC(O)CBr)c1. The van der Waals surface area contributed by atoms with Crippen LogP contribution in [-0.2, 0) is 0 Å². The van der Waals surface area contributed by atoms with Gasteiger partial charge in [0.05, 0.1) is 6.10 Å². The minimum absolute atomic E-state index is 0.329. The fraction of sp³-hybridized carbons (Fsp3) is 0.455. The van der Waals surface area contributed by atoms with Crippen molar-refractivity contribution in [3.05, 3.63) is 29.3 Å². The Hall–Kier alpha value is -0.540. The van der Waals surface area contributed by atoms with Gasteiger partial charge in [-0.15, -0.1) is 0 Å². The van der Waals surface area contributed by atoms with Gasteiger partial charge in [0.2, 0.25) is 0 Å². The zero-order valence-electron chi connectivity index (χ0n) is 8.46. The van der Waals surface area contributed by atoms with Gasteiger partial charge in [-0.2, -0.15) is 0 Å². The van der Waals surface area contributed by atoms with Crippen LogP contribution in [0, 0.1) is 13.8 Å². The molecule has 0 saturated carbocycles. The Balaban J connectivity index is 2.62. The maximum atomic E-state index is 9.31. The summed E-state index contributed by atoms with van der Waals surface area (Å²) >= 11 is 3.19. The van der Waals surface area contributed by atoms with E-state index in [1.54, 1.807) is 0 Å². The van der Waals surface area contributed by atoms with E-state index in [1.807, 2.05) is 32.0 Å². The molecular weight excluding hydrogens is 244 g/mol. The highest BCUT2D eigenvalue weighted by atomic mass is 79.9. The molecule has 3 heteroatoms. The minimum atomic E-state index is -0.449. The lowest BCUT2D eigenvalue weighted by Gasteiger charge is -2.12. The van der Waals surface area contributed by atoms with Crippen LogP contribution < -0.4 is 4.74 Å². The minimum Gasteiger partial charge on any atom is -0.491 e. The summed E-state index contributed by atoms with van der Waals surface area (Å²) in [4.78, 5) is 0. The molecule has 14 heavy (non-hydrogen) atoms. The van der Waals surface area contributed by atoms with E-state index < -0.39 is 6.10 Å². The van der Waals surface area contributed by atoms with Gasteiger partial charge in [-0.1, -0.05) is 28.1 Å². The van der Waals surface area contributed by atoms with Crippen LogP contribution in [0.1, 0.15) is 11.1 Å². The maximum Gasteiger partial charge on any atom is 0.122 e. The molecule has 1 atom stereocenters. The molecule has 1 aromatic carbocycles. The van der Waals surface area contributed by atoms with Crippen LogP contribution in [0.15, 0.2) is 18.2 Å². The van der Waals surface area contributed by atoms with E-state index in [1.165, 1.54) is 5.56 Å². The molecule has 2 nitrogen and oxygen atoms in total. The van der Waals surface area contributed by atoms with E-state index in [4.69, 9.17) is 4.74 Å². The van der Waals surface area contributed by atoms with Crippen molar-refractivity contribution in [3.8, 4) is 5.75 Å². The van der Waals surface area contributed by atoms with Gasteiger partial charge >= 0.3 is 0 Å². The first-order valence-electron chi connectivity index (χ1n) is 4.57. The van der Waals surface area contributed by atoms with E-state index >= 15 is 0 Å². The van der Waals surface area contributed by atoms with E-state index in [0.29, 0.717) is 11.9 Å². The van der Waals surface area contributed by atoms with E-state index in [-0.39, 0.29) is 0 Å². The number of halogens is 1. The first kappa shape index (κ1) is 11.5. The van der Waals surface area contributed by atoms with E-state index in [2.05, 4.69) is 15.9 Å². The quantitative estimate of drug-likeness (QED) is 0.841. The highest BCUT2D eigenvalue weighted by Crippen LogP contribution is 2.19. The Labute approximate surface area is 93.0 Å². The molecule has 0 aromatic heterocycles. The van der Waals surface area contributed by atoms with Gasteiger partial charge < -0.3 is 9.84 Å². The summed E-state index contributed by atoms with van der Waals surface area (Å²) in [7, 11) is 0. The Kier molecular flexibility index (Phi) is 4.42. The van der Waals surface area contributed by atoms with Crippen LogP contribution in [0.5, 0.6) is 5.75 Å². The van der Waals surface area contributed by atoms with E-state index in [9.17, 15) is 5.11 Å². The molecular formula is C11H15BrO2. The standard InChI is InChI=1S/C11H15BrO2/c1-8-3-4-9(2)11(5-8)14-7-10(13)6-12/h3-5,10,13H,6-7H2,1-2H3. The molecule has 1 unspecified atom stereocenters. The molecule has 0 spiro atoms. The van der Waals surface area contributed by atoms with Gasteiger partial charge in [0.25, 0.3) is 0 Å². The number of aryl methyl sites for hydroxylation is 2. The number of alkyl halides is 1. The van der Waals surface area contributed by atoms with Crippen LogP contribution in [0.25, 0.3) is 0 Å². The third-order valence-corrected chi connectivity index (χ3v) is 2.70. The lowest BCUT2D eigenvalue weighted by molar-refractivity contribution is 0.127. The highest BCUT2D eigenvalue weighted by Gasteiger charge is 2.04. The highest BCUT2D eigenvalue weighted by molar-refractivity contribution is 9.09. The van der Waals surface area contributed by atoms with Crippen molar-refractivity contribution in [3.63, 3.8) is 0 Å². The first-order chi connectivity index (χ1) is 6.63. The fourth-order valence-corrected chi connectivity index (χ4v) is 1.28. The average molecular weight is 259 g/mol. The number of benzene rings is 1. The zero-order valence-corrected chi connectivity index (χ0v) is 10.0. The summed E-state index contributed by atoms with van der Waals surface area (Å²) in [5, 5.41) is 9.85. The molecule has 1 N–H and O–H groups in total. The zero-order chi connectivity index (χ0) is 10.6. The largest absolute Gasteiger partial charge is 0.491 e. The predicted octanol–water partition coefficient (Wildman–Crippen LogP) is 2.44. The normalized spacial score (nSPS) is 12.6. The number of aliphatic hydroxyl groups is 1. The molecule has 1 rings (SSSR count). The van der Waals surface area contributed by atoms with Crippen LogP contribution >= 0.6 is 15.9 Å². The maximum absolute atomic E-state index is 9.31. The van der Waals surface area contributed by atoms with Crippen molar-refractivity contribution in [1.29, 1.82) is 0 Å². The van der Waals surface area contributed by atoms with Gasteiger partial charge in [-0.05, 0) is 31.0 Å². The van der Waals surface area contributed by atoms with Crippen LogP contribution in [0.2, 0.25) is 0 Å². The molecule has 0 aliphatic heterocycles. The van der Waals surface area contributed by atoms with Gasteiger partial charge in [0.1, 0.15) is 12.4 Å². The topological polar surface area (TPSA) is 29.5 Å². The third kappa shape index (κ3) is 3.31. The van der Waals surface area contributed by atoms with Crippen LogP contribution in [0.3, 0.4) is 0 Å². The lowest BCUT2D eigenvalue weighted by Crippen LogP contribution is -2.18. The van der Waals surface area contributed by atoms with Gasteiger partial charge in [-0.25, -0.2) is 0 Å². The molecule has 0 radical (unpaired) electrons. The summed E-state index contributed by atoms with van der Waals surface area (Å²) < 4.78 is 5.49. The summed E-state index contributed by atoms with van der Waals surface area (Å²) in [6, 6.07) is 6.05. The van der Waals surface area contributed by atoms with Crippen LogP contribution in [0.4, 0.5) is 0 Å². The van der Waals surface area contributed by atoms with Crippen molar-refractivity contribution in [2.75, 3.05) is 11.9 Å². The lowest BCUT2D eigenvalue weighted by atomic mass is 10.1. The van der Waals surface area contributed by atoms with Crippen molar-refractivity contribution >= 4 is 15.9 Å². The van der Waals surface area contributed by atoms with Crippen molar-refractivity contribution < 1.29 is 9.84 Å². The summed E-state index contributed by atoms with van der Waals surface area (Å²) in [6.07, 6.45) is -0.449. The Bertz CT molecular complexity index is 299. The first-order valence-corrected chi connectivity index (χ1v) is 5.69. The van der Waals surface area contributed by atoms with Crippen molar-refractivity contribution in [1.82, 2.24) is 0 Å². The monoisotopic (exact) mass is 258 g/mol. The number of hydrogen-bond acceptors (Lipinski definition) is 2. The van der Waals surface area contributed by atoms with Crippen LogP contribution in [-0.4, -0.2) is 23.1 Å². The molecule has 1 aromatic rings. The van der Waals surface area contributed by atoms with Gasteiger partial charge in [0, 0.05) is 5.33 Å². The molecule has 0 amide bonds. The molecule has 0 bridgehead atoms. The van der Waals surface area contributed by atoms with Crippen molar-refractivity contribution in [2.45, 2.75) is 20.0 Å². The molecule has 0 aliphatic rings.